The molecule has 23 heavy (non-hydrogen) atoms. The maximum atomic E-state index is 4.74. The van der Waals surface area contributed by atoms with E-state index in [1.807, 2.05) is 19.9 Å². The Morgan fingerprint density at radius 1 is 0.913 bits per heavy atom. The summed E-state index contributed by atoms with van der Waals surface area (Å²) in [7, 11) is 0. The maximum absolute atomic E-state index is 4.74. The number of H-pyrrole nitrogens is 1. The quantitative estimate of drug-likeness (QED) is 0.786. The number of aromatic amines is 1. The highest BCUT2D eigenvalue weighted by molar-refractivity contribution is 5.60. The van der Waals surface area contributed by atoms with E-state index in [1.54, 1.807) is 18.5 Å². The van der Waals surface area contributed by atoms with Crippen LogP contribution in [0.3, 0.4) is 0 Å². The Bertz CT molecular complexity index is 830. The van der Waals surface area contributed by atoms with Crippen LogP contribution in [0.25, 0.3) is 23.0 Å². The van der Waals surface area contributed by atoms with Gasteiger partial charge >= 0.3 is 0 Å². The van der Waals surface area contributed by atoms with Crippen LogP contribution in [0.2, 0.25) is 0 Å². The lowest BCUT2D eigenvalue weighted by Gasteiger charge is -2.15. The van der Waals surface area contributed by atoms with Gasteiger partial charge in [0.2, 0.25) is 0 Å². The lowest BCUT2D eigenvalue weighted by atomic mass is 9.91. The third kappa shape index (κ3) is 3.11. The fraction of sp³-hybridized carbons (Fsp3) is 0.353. The SMILES string of the molecule is Cc1nc(-c2ncccn2)cc(-c2nc(C(C)(C)C)c(C)[nH]2)n1. The van der Waals surface area contributed by atoms with E-state index in [9.17, 15) is 0 Å². The first-order valence-electron chi connectivity index (χ1n) is 7.55. The first kappa shape index (κ1) is 15.3. The minimum Gasteiger partial charge on any atom is -0.341 e. The van der Waals surface area contributed by atoms with Gasteiger partial charge in [-0.05, 0) is 26.0 Å². The first-order valence-corrected chi connectivity index (χ1v) is 7.55. The minimum absolute atomic E-state index is 0.0215. The second-order valence-electron chi connectivity index (χ2n) is 6.57. The number of nitrogens with one attached hydrogen (secondary N) is 1. The zero-order chi connectivity index (χ0) is 16.6. The fourth-order valence-electron chi connectivity index (χ4n) is 2.55. The topological polar surface area (TPSA) is 80.2 Å². The summed E-state index contributed by atoms with van der Waals surface area (Å²) < 4.78 is 0. The van der Waals surface area contributed by atoms with E-state index in [2.05, 4.69) is 45.7 Å². The molecule has 3 heterocycles. The molecule has 6 nitrogen and oxygen atoms in total. The van der Waals surface area contributed by atoms with Crippen LogP contribution in [-0.2, 0) is 5.41 Å². The molecule has 3 rings (SSSR count). The summed E-state index contributed by atoms with van der Waals surface area (Å²) in [6.07, 6.45) is 3.41. The number of hydrogen-bond donors (Lipinski definition) is 1. The van der Waals surface area contributed by atoms with Crippen molar-refractivity contribution in [3.63, 3.8) is 0 Å². The summed E-state index contributed by atoms with van der Waals surface area (Å²) in [5.41, 5.74) is 3.52. The van der Waals surface area contributed by atoms with Gasteiger partial charge in [0.05, 0.1) is 5.69 Å². The second-order valence-corrected chi connectivity index (χ2v) is 6.57. The molecule has 3 aromatic rings. The van der Waals surface area contributed by atoms with Gasteiger partial charge in [-0.3, -0.25) is 0 Å². The van der Waals surface area contributed by atoms with Crippen LogP contribution < -0.4 is 0 Å². The van der Waals surface area contributed by atoms with Gasteiger partial charge < -0.3 is 4.98 Å². The van der Waals surface area contributed by atoms with Crippen molar-refractivity contribution in [2.45, 2.75) is 40.0 Å². The van der Waals surface area contributed by atoms with Gasteiger partial charge in [-0.2, -0.15) is 0 Å². The Labute approximate surface area is 135 Å². The van der Waals surface area contributed by atoms with Crippen LogP contribution >= 0.6 is 0 Å². The van der Waals surface area contributed by atoms with E-state index in [0.29, 0.717) is 17.3 Å². The molecule has 0 bridgehead atoms. The smallest absolute Gasteiger partial charge is 0.178 e. The van der Waals surface area contributed by atoms with Crippen molar-refractivity contribution in [3.05, 3.63) is 41.7 Å². The summed E-state index contributed by atoms with van der Waals surface area (Å²) in [6.45, 7) is 10.3. The standard InChI is InChI=1S/C17H20N6/c1-10-14(17(3,4)5)23-16(20-10)13-9-12(21-11(2)22-13)15-18-7-6-8-19-15/h6-9H,1-5H3,(H,20,23). The average Bonchev–Trinajstić information content (AvgIpc) is 2.90. The van der Waals surface area contributed by atoms with E-state index in [0.717, 1.165) is 22.9 Å². The first-order chi connectivity index (χ1) is 10.8. The minimum atomic E-state index is -0.0215. The predicted molar refractivity (Wildman–Crippen MR) is 88.8 cm³/mol. The third-order valence-electron chi connectivity index (χ3n) is 3.47. The van der Waals surface area contributed by atoms with Gasteiger partial charge in [0.1, 0.15) is 17.2 Å². The lowest BCUT2D eigenvalue weighted by molar-refractivity contribution is 0.568. The number of aromatic nitrogens is 6. The second kappa shape index (κ2) is 5.53. The van der Waals surface area contributed by atoms with Crippen LogP contribution in [0.4, 0.5) is 0 Å². The average molecular weight is 308 g/mol. The van der Waals surface area contributed by atoms with Crippen LogP contribution in [0.5, 0.6) is 0 Å². The van der Waals surface area contributed by atoms with Crippen LogP contribution in [0, 0.1) is 13.8 Å². The third-order valence-corrected chi connectivity index (χ3v) is 3.47. The number of aryl methyl sites for hydroxylation is 2. The molecule has 0 radical (unpaired) electrons. The van der Waals surface area contributed by atoms with Crippen molar-refractivity contribution in [1.29, 1.82) is 0 Å². The van der Waals surface area contributed by atoms with Crippen LogP contribution in [0.15, 0.2) is 24.5 Å². The molecule has 0 fully saturated rings. The van der Waals surface area contributed by atoms with Crippen LogP contribution in [-0.4, -0.2) is 29.9 Å². The highest BCUT2D eigenvalue weighted by atomic mass is 15.0. The largest absolute Gasteiger partial charge is 0.341 e. The Kier molecular flexibility index (Phi) is 3.67. The van der Waals surface area contributed by atoms with Gasteiger partial charge in [-0.1, -0.05) is 20.8 Å². The molecule has 0 saturated heterocycles. The Morgan fingerprint density at radius 3 is 2.17 bits per heavy atom. The van der Waals surface area contributed by atoms with E-state index in [1.165, 1.54) is 0 Å². The predicted octanol–water partition coefficient (Wildman–Crippen LogP) is 3.24. The Hall–Kier alpha value is -2.63. The maximum Gasteiger partial charge on any atom is 0.178 e. The fourth-order valence-corrected chi connectivity index (χ4v) is 2.55. The molecule has 6 heteroatoms. The van der Waals surface area contributed by atoms with Crippen molar-refractivity contribution >= 4 is 0 Å². The van der Waals surface area contributed by atoms with Gasteiger partial charge in [0.15, 0.2) is 11.6 Å². The Morgan fingerprint density at radius 2 is 1.57 bits per heavy atom. The molecule has 3 aromatic heterocycles. The molecule has 1 N–H and O–H groups in total. The molecule has 0 spiro atoms. The number of imidazole rings is 1. The summed E-state index contributed by atoms with van der Waals surface area (Å²) in [4.78, 5) is 25.5. The molecule has 118 valence electrons. The summed E-state index contributed by atoms with van der Waals surface area (Å²) >= 11 is 0. The number of hydrogen-bond acceptors (Lipinski definition) is 5. The molecular formula is C17H20N6. The molecule has 0 aliphatic carbocycles. The molecule has 0 atom stereocenters. The highest BCUT2D eigenvalue weighted by Crippen LogP contribution is 2.27. The van der Waals surface area contributed by atoms with E-state index < -0.39 is 0 Å². The molecule has 0 aromatic carbocycles. The number of rotatable bonds is 2. The van der Waals surface area contributed by atoms with Crippen molar-refractivity contribution in [3.8, 4) is 23.0 Å². The summed E-state index contributed by atoms with van der Waals surface area (Å²) in [5.74, 6) is 1.99. The Balaban J connectivity index is 2.09. The lowest BCUT2D eigenvalue weighted by Crippen LogP contribution is -2.13. The summed E-state index contributed by atoms with van der Waals surface area (Å²) in [5, 5.41) is 0. The van der Waals surface area contributed by atoms with Crippen molar-refractivity contribution in [1.82, 2.24) is 29.9 Å². The summed E-state index contributed by atoms with van der Waals surface area (Å²) in [6, 6.07) is 3.65. The van der Waals surface area contributed by atoms with E-state index >= 15 is 0 Å². The van der Waals surface area contributed by atoms with Gasteiger partial charge in [0.25, 0.3) is 0 Å². The van der Waals surface area contributed by atoms with Crippen LogP contribution in [0.1, 0.15) is 38.0 Å². The van der Waals surface area contributed by atoms with Crippen molar-refractivity contribution < 1.29 is 0 Å². The zero-order valence-corrected chi connectivity index (χ0v) is 14.0. The molecule has 0 aliphatic heterocycles. The van der Waals surface area contributed by atoms with E-state index in [-0.39, 0.29) is 5.41 Å². The molecule has 0 aliphatic rings. The van der Waals surface area contributed by atoms with Gasteiger partial charge in [-0.15, -0.1) is 0 Å². The number of nitrogens with zero attached hydrogens (tertiary/aromatic N) is 5. The van der Waals surface area contributed by atoms with Gasteiger partial charge in [-0.25, -0.2) is 24.9 Å². The monoisotopic (exact) mass is 308 g/mol. The molecule has 0 saturated carbocycles. The zero-order valence-electron chi connectivity index (χ0n) is 14.0. The normalized spacial score (nSPS) is 11.7. The highest BCUT2D eigenvalue weighted by Gasteiger charge is 2.22. The van der Waals surface area contributed by atoms with Crippen molar-refractivity contribution in [2.75, 3.05) is 0 Å². The van der Waals surface area contributed by atoms with Gasteiger partial charge in [0, 0.05) is 23.5 Å². The van der Waals surface area contributed by atoms with E-state index in [4.69, 9.17) is 4.98 Å². The molecular weight excluding hydrogens is 288 g/mol. The molecule has 0 unspecified atom stereocenters. The van der Waals surface area contributed by atoms with Crippen molar-refractivity contribution in [2.24, 2.45) is 0 Å². The molecule has 0 amide bonds.